The van der Waals surface area contributed by atoms with Gasteiger partial charge in [0, 0.05) is 12.2 Å². The van der Waals surface area contributed by atoms with Crippen molar-refractivity contribution in [3.05, 3.63) is 62.5 Å². The maximum absolute atomic E-state index is 13.1. The number of nitrogens with zero attached hydrogens (tertiary/aromatic N) is 3. The van der Waals surface area contributed by atoms with E-state index in [0.717, 1.165) is 17.4 Å². The summed E-state index contributed by atoms with van der Waals surface area (Å²) in [6.07, 6.45) is -1.80. The van der Waals surface area contributed by atoms with Gasteiger partial charge in [-0.2, -0.15) is 13.2 Å². The van der Waals surface area contributed by atoms with Crippen LogP contribution < -0.4 is 16.0 Å². The predicted octanol–water partition coefficient (Wildman–Crippen LogP) is 4.40. The first-order valence-electron chi connectivity index (χ1n) is 10.7. The van der Waals surface area contributed by atoms with Gasteiger partial charge in [-0.1, -0.05) is 17.7 Å². The number of ether oxygens (including phenoxy) is 1. The second-order valence-electron chi connectivity index (χ2n) is 7.60. The van der Waals surface area contributed by atoms with Crippen molar-refractivity contribution in [3.8, 4) is 0 Å². The third kappa shape index (κ3) is 7.34. The molecule has 2 aromatic heterocycles. The maximum Gasteiger partial charge on any atom is 0.416 e. The van der Waals surface area contributed by atoms with Gasteiger partial charge in [0.05, 0.1) is 43.4 Å². The first kappa shape index (κ1) is 27.7. The van der Waals surface area contributed by atoms with E-state index in [2.05, 4.69) is 30.9 Å². The van der Waals surface area contributed by atoms with Crippen molar-refractivity contribution in [3.63, 3.8) is 0 Å². The Hall–Kier alpha value is -2.84. The van der Waals surface area contributed by atoms with Crippen molar-refractivity contribution in [1.82, 2.24) is 20.3 Å². The molecule has 9 nitrogen and oxygen atoms in total. The highest BCUT2D eigenvalue weighted by Crippen LogP contribution is 2.33. The summed E-state index contributed by atoms with van der Waals surface area (Å²) in [5, 5.41) is 18.3. The molecule has 0 aliphatic rings. The highest BCUT2D eigenvalue weighted by molar-refractivity contribution is 7.13. The van der Waals surface area contributed by atoms with Gasteiger partial charge in [-0.25, -0.2) is 15.0 Å². The smallest absolute Gasteiger partial charge is 0.395 e. The van der Waals surface area contributed by atoms with Crippen LogP contribution in [0.2, 0.25) is 5.02 Å². The van der Waals surface area contributed by atoms with Gasteiger partial charge in [-0.3, -0.25) is 10.1 Å². The van der Waals surface area contributed by atoms with E-state index < -0.39 is 17.6 Å². The number of amides is 1. The SMILES string of the molecule is Cc1ccc(NC(=O)c2cnc(C(C)NCOCc3ncnc(NCCO)c3Cl)s2)cc1C(F)(F)F. The van der Waals surface area contributed by atoms with Crippen LogP contribution in [0.4, 0.5) is 24.7 Å². The molecule has 1 atom stereocenters. The number of hydrogen-bond acceptors (Lipinski definition) is 9. The van der Waals surface area contributed by atoms with E-state index >= 15 is 0 Å². The summed E-state index contributed by atoms with van der Waals surface area (Å²) in [6, 6.07) is 3.37. The molecule has 1 amide bonds. The van der Waals surface area contributed by atoms with Crippen LogP contribution in [-0.4, -0.2) is 45.8 Å². The fourth-order valence-electron chi connectivity index (χ4n) is 3.01. The van der Waals surface area contributed by atoms with Gasteiger partial charge in [0.25, 0.3) is 5.91 Å². The van der Waals surface area contributed by atoms with E-state index in [1.54, 1.807) is 0 Å². The summed E-state index contributed by atoms with van der Waals surface area (Å²) >= 11 is 7.35. The molecule has 14 heteroatoms. The number of aliphatic hydroxyl groups is 1. The molecular formula is C22H24ClF3N6O3S. The summed E-state index contributed by atoms with van der Waals surface area (Å²) in [6.45, 7) is 3.65. The number of aryl methyl sites for hydroxylation is 1. The molecule has 0 radical (unpaired) electrons. The Balaban J connectivity index is 1.52. The number of anilines is 2. The third-order valence-electron chi connectivity index (χ3n) is 4.91. The number of aliphatic hydroxyl groups excluding tert-OH is 1. The molecule has 2 heterocycles. The summed E-state index contributed by atoms with van der Waals surface area (Å²) in [5.41, 5.74) is -0.211. The fraction of sp³-hybridized carbons (Fsp3) is 0.364. The van der Waals surface area contributed by atoms with Gasteiger partial charge < -0.3 is 20.5 Å². The average Bonchev–Trinajstić information content (AvgIpc) is 3.33. The zero-order chi connectivity index (χ0) is 26.3. The van der Waals surface area contributed by atoms with E-state index in [9.17, 15) is 18.0 Å². The lowest BCUT2D eigenvalue weighted by molar-refractivity contribution is -0.138. The Kier molecular flexibility index (Phi) is 9.56. The Labute approximate surface area is 214 Å². The second kappa shape index (κ2) is 12.4. The molecule has 3 aromatic rings. The van der Waals surface area contributed by atoms with E-state index in [1.807, 2.05) is 6.92 Å². The Morgan fingerprint density at radius 2 is 2.06 bits per heavy atom. The van der Waals surface area contributed by atoms with Crippen molar-refractivity contribution >= 4 is 40.4 Å². The molecule has 3 rings (SSSR count). The largest absolute Gasteiger partial charge is 0.416 e. The summed E-state index contributed by atoms with van der Waals surface area (Å²) < 4.78 is 45.0. The van der Waals surface area contributed by atoms with E-state index in [1.165, 1.54) is 31.6 Å². The van der Waals surface area contributed by atoms with Gasteiger partial charge in [-0.05, 0) is 31.5 Å². The normalized spacial score (nSPS) is 12.4. The highest BCUT2D eigenvalue weighted by atomic mass is 35.5. The van der Waals surface area contributed by atoms with Gasteiger partial charge in [0.15, 0.2) is 0 Å². The summed E-state index contributed by atoms with van der Waals surface area (Å²) in [4.78, 5) is 25.1. The number of nitrogens with one attached hydrogen (secondary N) is 3. The predicted molar refractivity (Wildman–Crippen MR) is 130 cm³/mol. The number of thiazole rings is 1. The number of hydrogen-bond donors (Lipinski definition) is 4. The molecule has 36 heavy (non-hydrogen) atoms. The number of halogens is 4. The first-order chi connectivity index (χ1) is 17.1. The van der Waals surface area contributed by atoms with Crippen molar-refractivity contribution in [2.75, 3.05) is 30.5 Å². The lowest BCUT2D eigenvalue weighted by Crippen LogP contribution is -2.22. The molecule has 194 valence electrons. The van der Waals surface area contributed by atoms with Gasteiger partial charge in [0.2, 0.25) is 0 Å². The molecule has 4 N–H and O–H groups in total. The van der Waals surface area contributed by atoms with Gasteiger partial charge in [-0.15, -0.1) is 11.3 Å². The maximum atomic E-state index is 13.1. The van der Waals surface area contributed by atoms with Crippen LogP contribution in [0.3, 0.4) is 0 Å². The van der Waals surface area contributed by atoms with E-state index in [0.29, 0.717) is 28.1 Å². The minimum Gasteiger partial charge on any atom is -0.395 e. The van der Waals surface area contributed by atoms with Crippen LogP contribution in [0.1, 0.15) is 44.5 Å². The van der Waals surface area contributed by atoms with Crippen molar-refractivity contribution in [1.29, 1.82) is 0 Å². The topological polar surface area (TPSA) is 121 Å². The van der Waals surface area contributed by atoms with Crippen LogP contribution >= 0.6 is 22.9 Å². The van der Waals surface area contributed by atoms with Crippen LogP contribution in [0.25, 0.3) is 0 Å². The van der Waals surface area contributed by atoms with Crippen molar-refractivity contribution < 1.29 is 27.8 Å². The number of alkyl halides is 3. The minimum atomic E-state index is -4.51. The molecule has 0 fully saturated rings. The molecule has 0 spiro atoms. The number of aromatic nitrogens is 3. The molecule has 1 unspecified atom stereocenters. The van der Waals surface area contributed by atoms with Crippen molar-refractivity contribution in [2.24, 2.45) is 0 Å². The third-order valence-corrected chi connectivity index (χ3v) is 6.49. The standard InChI is InChI=1S/C22H24ClF3N6O3S/c1-12-3-4-14(7-15(12)22(24,25)26)32-20(34)17-8-28-21(36-17)13(2)31-11-35-9-16-18(23)19(27-5-6-33)30-10-29-16/h3-4,7-8,10,13,31,33H,5-6,9,11H2,1-2H3,(H,32,34)(H,27,29,30). The molecule has 0 saturated heterocycles. The minimum absolute atomic E-state index is 0.0468. The van der Waals surface area contributed by atoms with Gasteiger partial charge >= 0.3 is 6.18 Å². The second-order valence-corrected chi connectivity index (χ2v) is 9.04. The summed E-state index contributed by atoms with van der Waals surface area (Å²) in [5.74, 6) is -0.155. The van der Waals surface area contributed by atoms with Crippen LogP contribution in [0.5, 0.6) is 0 Å². The fourth-order valence-corrected chi connectivity index (χ4v) is 4.07. The Morgan fingerprint density at radius 1 is 1.28 bits per heavy atom. The quantitative estimate of drug-likeness (QED) is 0.207. The van der Waals surface area contributed by atoms with E-state index in [4.69, 9.17) is 21.4 Å². The molecule has 0 saturated carbocycles. The van der Waals surface area contributed by atoms with Gasteiger partial charge in [0.1, 0.15) is 27.1 Å². The number of carbonyl (C=O) groups excluding carboxylic acids is 1. The lowest BCUT2D eigenvalue weighted by atomic mass is 10.1. The Bertz CT molecular complexity index is 1190. The molecule has 0 aliphatic carbocycles. The van der Waals surface area contributed by atoms with Crippen LogP contribution in [0, 0.1) is 6.92 Å². The zero-order valence-electron chi connectivity index (χ0n) is 19.3. The Morgan fingerprint density at radius 3 is 2.78 bits per heavy atom. The zero-order valence-corrected chi connectivity index (χ0v) is 20.9. The summed E-state index contributed by atoms with van der Waals surface area (Å²) in [7, 11) is 0. The number of carbonyl (C=O) groups is 1. The average molecular weight is 545 g/mol. The van der Waals surface area contributed by atoms with E-state index in [-0.39, 0.29) is 42.1 Å². The molecular weight excluding hydrogens is 521 g/mol. The monoisotopic (exact) mass is 544 g/mol. The molecule has 1 aromatic carbocycles. The first-order valence-corrected chi connectivity index (χ1v) is 11.9. The van der Waals surface area contributed by atoms with Crippen LogP contribution in [-0.2, 0) is 17.5 Å². The molecule has 0 aliphatic heterocycles. The number of rotatable bonds is 11. The van der Waals surface area contributed by atoms with Crippen LogP contribution in [0.15, 0.2) is 30.7 Å². The molecule has 0 bridgehead atoms. The van der Waals surface area contributed by atoms with Crippen molar-refractivity contribution in [2.45, 2.75) is 32.7 Å². The number of benzene rings is 1. The lowest BCUT2D eigenvalue weighted by Gasteiger charge is -2.13. The highest BCUT2D eigenvalue weighted by Gasteiger charge is 2.32.